The van der Waals surface area contributed by atoms with Gasteiger partial charge in [0, 0.05) is 0 Å². The van der Waals surface area contributed by atoms with Crippen molar-refractivity contribution < 1.29 is 29.6 Å². The van der Waals surface area contributed by atoms with Crippen molar-refractivity contribution in [3.05, 3.63) is 0 Å². The fourth-order valence-electron chi connectivity index (χ4n) is 1.07. The first-order chi connectivity index (χ1) is 7.78. The SMILES string of the molecule is CC(O)COCC(C)(COCC(C)O)C(=O)O. The van der Waals surface area contributed by atoms with Gasteiger partial charge in [-0.25, -0.2) is 0 Å². The molecule has 0 aliphatic heterocycles. The summed E-state index contributed by atoms with van der Waals surface area (Å²) in [6.45, 7) is 4.68. The second kappa shape index (κ2) is 7.60. The van der Waals surface area contributed by atoms with Crippen molar-refractivity contribution >= 4 is 5.97 Å². The van der Waals surface area contributed by atoms with Crippen LogP contribution in [0.15, 0.2) is 0 Å². The smallest absolute Gasteiger partial charge is 0.314 e. The number of carboxylic acid groups (broad SMARTS) is 1. The molecule has 17 heavy (non-hydrogen) atoms. The first-order valence-electron chi connectivity index (χ1n) is 5.53. The van der Waals surface area contributed by atoms with E-state index in [-0.39, 0.29) is 26.4 Å². The molecule has 0 aromatic rings. The number of aliphatic hydroxyl groups excluding tert-OH is 2. The number of aliphatic carboxylic acids is 1. The summed E-state index contributed by atoms with van der Waals surface area (Å²) < 4.78 is 10.2. The zero-order valence-electron chi connectivity index (χ0n) is 10.5. The molecule has 102 valence electrons. The Labute approximate surface area is 101 Å². The Morgan fingerprint density at radius 2 is 1.47 bits per heavy atom. The molecule has 0 amide bonds. The van der Waals surface area contributed by atoms with E-state index >= 15 is 0 Å². The Balaban J connectivity index is 4.12. The number of rotatable bonds is 9. The van der Waals surface area contributed by atoms with E-state index in [2.05, 4.69) is 0 Å². The zero-order valence-corrected chi connectivity index (χ0v) is 10.5. The van der Waals surface area contributed by atoms with E-state index in [1.54, 1.807) is 13.8 Å². The van der Waals surface area contributed by atoms with Gasteiger partial charge in [-0.05, 0) is 20.8 Å². The van der Waals surface area contributed by atoms with Gasteiger partial charge < -0.3 is 24.8 Å². The second-order valence-electron chi connectivity index (χ2n) is 4.59. The van der Waals surface area contributed by atoms with Gasteiger partial charge in [-0.2, -0.15) is 0 Å². The average molecular weight is 250 g/mol. The van der Waals surface area contributed by atoms with Gasteiger partial charge in [-0.15, -0.1) is 0 Å². The maximum Gasteiger partial charge on any atom is 0.314 e. The first-order valence-corrected chi connectivity index (χ1v) is 5.53. The van der Waals surface area contributed by atoms with Crippen LogP contribution in [-0.4, -0.2) is 59.9 Å². The Morgan fingerprint density at radius 1 is 1.12 bits per heavy atom. The maximum absolute atomic E-state index is 11.1. The lowest BCUT2D eigenvalue weighted by Crippen LogP contribution is -2.38. The van der Waals surface area contributed by atoms with Crippen molar-refractivity contribution in [2.75, 3.05) is 26.4 Å². The van der Waals surface area contributed by atoms with Gasteiger partial charge in [0.25, 0.3) is 0 Å². The normalized spacial score (nSPS) is 18.4. The molecule has 6 heteroatoms. The van der Waals surface area contributed by atoms with E-state index in [4.69, 9.17) is 24.8 Å². The number of aliphatic hydroxyl groups is 2. The molecule has 0 heterocycles. The van der Waals surface area contributed by atoms with Crippen LogP contribution in [0.1, 0.15) is 20.8 Å². The molecule has 0 saturated carbocycles. The molecule has 3 N–H and O–H groups in total. The van der Waals surface area contributed by atoms with Crippen molar-refractivity contribution in [3.63, 3.8) is 0 Å². The number of hydrogen-bond donors (Lipinski definition) is 3. The molecule has 6 nitrogen and oxygen atoms in total. The van der Waals surface area contributed by atoms with E-state index in [1.807, 2.05) is 0 Å². The summed E-state index contributed by atoms with van der Waals surface area (Å²) in [5, 5.41) is 27.1. The molecule has 2 atom stereocenters. The minimum Gasteiger partial charge on any atom is -0.481 e. The van der Waals surface area contributed by atoms with Crippen LogP contribution in [0.3, 0.4) is 0 Å². The van der Waals surface area contributed by atoms with Crippen molar-refractivity contribution in [2.45, 2.75) is 33.0 Å². The monoisotopic (exact) mass is 250 g/mol. The van der Waals surface area contributed by atoms with Gasteiger partial charge in [0.15, 0.2) is 0 Å². The molecule has 0 radical (unpaired) electrons. The molecule has 2 unspecified atom stereocenters. The van der Waals surface area contributed by atoms with Crippen LogP contribution in [0.25, 0.3) is 0 Å². The van der Waals surface area contributed by atoms with E-state index < -0.39 is 23.6 Å². The van der Waals surface area contributed by atoms with Crippen LogP contribution in [0.5, 0.6) is 0 Å². The highest BCUT2D eigenvalue weighted by Gasteiger charge is 2.34. The standard InChI is InChI=1S/C11H22O6/c1-8(12)4-16-6-11(3,10(14)15)7-17-5-9(2)13/h8-9,12-13H,4-7H2,1-3H3,(H,14,15). The van der Waals surface area contributed by atoms with Crippen molar-refractivity contribution in [1.29, 1.82) is 0 Å². The quantitative estimate of drug-likeness (QED) is 0.527. The van der Waals surface area contributed by atoms with E-state index in [0.717, 1.165) is 0 Å². The molecule has 0 saturated heterocycles. The number of carboxylic acids is 1. The molecule has 0 aromatic heterocycles. The van der Waals surface area contributed by atoms with Crippen molar-refractivity contribution in [3.8, 4) is 0 Å². The summed E-state index contributed by atoms with van der Waals surface area (Å²) in [6, 6.07) is 0. The molecule has 0 aromatic carbocycles. The molecule has 0 bridgehead atoms. The van der Waals surface area contributed by atoms with Crippen LogP contribution >= 0.6 is 0 Å². The molecule has 0 aliphatic rings. The van der Waals surface area contributed by atoms with Crippen LogP contribution in [0, 0.1) is 5.41 Å². The second-order valence-corrected chi connectivity index (χ2v) is 4.59. The largest absolute Gasteiger partial charge is 0.481 e. The van der Waals surface area contributed by atoms with Gasteiger partial charge in [0.1, 0.15) is 5.41 Å². The molecule has 0 spiro atoms. The van der Waals surface area contributed by atoms with E-state index in [1.165, 1.54) is 6.92 Å². The van der Waals surface area contributed by atoms with E-state index in [0.29, 0.717) is 0 Å². The molecule has 0 aliphatic carbocycles. The highest BCUT2D eigenvalue weighted by molar-refractivity contribution is 5.74. The van der Waals surface area contributed by atoms with Crippen LogP contribution in [-0.2, 0) is 14.3 Å². The summed E-state index contributed by atoms with van der Waals surface area (Å²) in [5.41, 5.74) is -1.18. The van der Waals surface area contributed by atoms with Gasteiger partial charge >= 0.3 is 5.97 Å². The molecule has 0 rings (SSSR count). The minimum absolute atomic E-state index is 0.0486. The Bertz CT molecular complexity index is 212. The van der Waals surface area contributed by atoms with E-state index in [9.17, 15) is 4.79 Å². The lowest BCUT2D eigenvalue weighted by Gasteiger charge is -2.25. The van der Waals surface area contributed by atoms with Gasteiger partial charge in [0.2, 0.25) is 0 Å². The predicted octanol–water partition coefficient (Wildman–Crippen LogP) is -0.128. The molecular formula is C11H22O6. The summed E-state index contributed by atoms with van der Waals surface area (Å²) >= 11 is 0. The highest BCUT2D eigenvalue weighted by Crippen LogP contribution is 2.18. The van der Waals surface area contributed by atoms with Crippen molar-refractivity contribution in [2.24, 2.45) is 5.41 Å². The minimum atomic E-state index is -1.18. The van der Waals surface area contributed by atoms with Crippen LogP contribution in [0.2, 0.25) is 0 Å². The van der Waals surface area contributed by atoms with Gasteiger partial charge in [-0.3, -0.25) is 4.79 Å². The lowest BCUT2D eigenvalue weighted by molar-refractivity contribution is -0.158. The molecule has 0 fully saturated rings. The Kier molecular flexibility index (Phi) is 7.29. The summed E-state index contributed by atoms with van der Waals surface area (Å²) in [5.74, 6) is -1.03. The maximum atomic E-state index is 11.1. The fourth-order valence-corrected chi connectivity index (χ4v) is 1.07. The highest BCUT2D eigenvalue weighted by atomic mass is 16.5. The summed E-state index contributed by atoms with van der Waals surface area (Å²) in [6.07, 6.45) is -1.27. The number of ether oxygens (including phenoxy) is 2. The summed E-state index contributed by atoms with van der Waals surface area (Å²) in [4.78, 5) is 11.1. The summed E-state index contributed by atoms with van der Waals surface area (Å²) in [7, 11) is 0. The average Bonchev–Trinajstić information content (AvgIpc) is 2.16. The Morgan fingerprint density at radius 3 is 1.71 bits per heavy atom. The Hall–Kier alpha value is -0.690. The first kappa shape index (κ1) is 16.3. The number of hydrogen-bond acceptors (Lipinski definition) is 5. The predicted molar refractivity (Wildman–Crippen MR) is 60.7 cm³/mol. The third kappa shape index (κ3) is 7.27. The molecular weight excluding hydrogens is 228 g/mol. The fraction of sp³-hybridized carbons (Fsp3) is 0.909. The lowest BCUT2D eigenvalue weighted by atomic mass is 9.93. The third-order valence-corrected chi connectivity index (χ3v) is 2.08. The number of carbonyl (C=O) groups is 1. The van der Waals surface area contributed by atoms with Crippen molar-refractivity contribution in [1.82, 2.24) is 0 Å². The topological polar surface area (TPSA) is 96.2 Å². The van der Waals surface area contributed by atoms with Gasteiger partial charge in [-0.1, -0.05) is 0 Å². The van der Waals surface area contributed by atoms with Crippen LogP contribution < -0.4 is 0 Å². The third-order valence-electron chi connectivity index (χ3n) is 2.08. The zero-order chi connectivity index (χ0) is 13.5. The van der Waals surface area contributed by atoms with Crippen LogP contribution in [0.4, 0.5) is 0 Å². The van der Waals surface area contributed by atoms with Gasteiger partial charge in [0.05, 0.1) is 38.6 Å².